The fraction of sp³-hybridized carbons (Fsp3) is 0. The molecule has 0 fully saturated rings. The Balaban J connectivity index is 0. The molecular weight excluding hydrogens is 143 g/mol. The van der Waals surface area contributed by atoms with Crippen LogP contribution >= 0.6 is 0 Å². The van der Waals surface area contributed by atoms with Gasteiger partial charge in [0.25, 0.3) is 0 Å². The summed E-state index contributed by atoms with van der Waals surface area (Å²) < 4.78 is 0. The summed E-state index contributed by atoms with van der Waals surface area (Å²) in [7, 11) is -2.17. The molecule has 0 amide bonds. The van der Waals surface area contributed by atoms with Gasteiger partial charge in [0.1, 0.15) is 0 Å². The van der Waals surface area contributed by atoms with Crippen LogP contribution in [0.3, 0.4) is 0 Å². The molecule has 0 aliphatic carbocycles. The number of oxime groups is 2. The molecule has 10 heavy (non-hydrogen) atoms. The van der Waals surface area contributed by atoms with E-state index in [9.17, 15) is 0 Å². The summed E-state index contributed by atoms with van der Waals surface area (Å²) in [4.78, 5) is 0. The van der Waals surface area contributed by atoms with E-state index in [1.807, 2.05) is 0 Å². The third-order valence-corrected chi connectivity index (χ3v) is 0.200. The van der Waals surface area contributed by atoms with E-state index < -0.39 is 7.32 Å². The lowest BCUT2D eigenvalue weighted by atomic mass is 10.3. The SMILES string of the molecule is O/N=C/C=N/O.OB(O)O. The largest absolute Gasteiger partial charge is 0.631 e. The van der Waals surface area contributed by atoms with E-state index >= 15 is 0 Å². The summed E-state index contributed by atoms with van der Waals surface area (Å²) in [5.41, 5.74) is 0. The topological polar surface area (TPSA) is 126 Å². The van der Waals surface area contributed by atoms with E-state index in [1.165, 1.54) is 0 Å². The first-order chi connectivity index (χ1) is 4.65. The van der Waals surface area contributed by atoms with Crippen LogP contribution in [0.2, 0.25) is 0 Å². The van der Waals surface area contributed by atoms with Crippen LogP contribution in [0.1, 0.15) is 0 Å². The zero-order valence-corrected chi connectivity index (χ0v) is 4.86. The Morgan fingerprint density at radius 2 is 1.10 bits per heavy atom. The fourth-order valence-corrected chi connectivity index (χ4v) is 0.0596. The highest BCUT2D eigenvalue weighted by Crippen LogP contribution is 1.45. The molecule has 58 valence electrons. The predicted octanol–water partition coefficient (Wildman–Crippen LogP) is -2.15. The van der Waals surface area contributed by atoms with Crippen molar-refractivity contribution in [3.8, 4) is 0 Å². The first kappa shape index (κ1) is 11.7. The zero-order valence-electron chi connectivity index (χ0n) is 4.86. The minimum Gasteiger partial charge on any atom is -0.411 e. The Morgan fingerprint density at radius 3 is 1.20 bits per heavy atom. The highest BCUT2D eigenvalue weighted by Gasteiger charge is 1.92. The Morgan fingerprint density at radius 1 is 0.900 bits per heavy atom. The first-order valence-corrected chi connectivity index (χ1v) is 2.02. The molecule has 0 unspecified atom stereocenters. The lowest BCUT2D eigenvalue weighted by Gasteiger charge is -1.69. The van der Waals surface area contributed by atoms with Gasteiger partial charge in [-0.25, -0.2) is 0 Å². The highest BCUT2D eigenvalue weighted by molar-refractivity contribution is 6.30. The quantitative estimate of drug-likeness (QED) is 0.126. The van der Waals surface area contributed by atoms with Gasteiger partial charge in [-0.05, 0) is 0 Å². The number of hydrogen-bond donors (Lipinski definition) is 5. The number of nitrogens with zero attached hydrogens (tertiary/aromatic N) is 2. The lowest BCUT2D eigenvalue weighted by Crippen LogP contribution is -2.07. The molecule has 0 heterocycles. The van der Waals surface area contributed by atoms with Crippen molar-refractivity contribution in [3.63, 3.8) is 0 Å². The molecule has 0 radical (unpaired) electrons. The van der Waals surface area contributed by atoms with Crippen LogP contribution in [0.5, 0.6) is 0 Å². The van der Waals surface area contributed by atoms with E-state index in [2.05, 4.69) is 10.3 Å². The summed E-state index contributed by atoms with van der Waals surface area (Å²) in [5, 5.41) is 41.6. The van der Waals surface area contributed by atoms with Crippen molar-refractivity contribution in [3.05, 3.63) is 0 Å². The van der Waals surface area contributed by atoms with Crippen molar-refractivity contribution in [2.45, 2.75) is 0 Å². The molecular formula is C2H7BN2O5. The molecule has 0 rings (SSSR count). The number of hydrogen-bond acceptors (Lipinski definition) is 7. The van der Waals surface area contributed by atoms with Gasteiger partial charge in [-0.2, -0.15) is 0 Å². The standard InChI is InChI=1S/C2H4N2O2.BH3O3/c5-3-1-2-4-6;2-1(3)4/h1-2,5-6H;2-4H/b3-1+,4-2+;. The van der Waals surface area contributed by atoms with Crippen LogP contribution in [-0.4, -0.2) is 45.2 Å². The molecule has 7 nitrogen and oxygen atoms in total. The minimum atomic E-state index is -2.17. The molecule has 0 spiro atoms. The van der Waals surface area contributed by atoms with E-state index in [0.717, 1.165) is 12.4 Å². The molecule has 5 N–H and O–H groups in total. The first-order valence-electron chi connectivity index (χ1n) is 2.02. The van der Waals surface area contributed by atoms with Gasteiger partial charge in [-0.15, -0.1) is 0 Å². The van der Waals surface area contributed by atoms with Crippen LogP contribution in [-0.2, 0) is 0 Å². The van der Waals surface area contributed by atoms with Crippen molar-refractivity contribution in [1.29, 1.82) is 0 Å². The maximum atomic E-state index is 7.56. The van der Waals surface area contributed by atoms with Crippen molar-refractivity contribution >= 4 is 19.8 Å². The number of rotatable bonds is 1. The molecule has 0 aliphatic rings. The van der Waals surface area contributed by atoms with Gasteiger partial charge in [0, 0.05) is 0 Å². The van der Waals surface area contributed by atoms with Crippen LogP contribution in [0.4, 0.5) is 0 Å². The van der Waals surface area contributed by atoms with Crippen molar-refractivity contribution in [2.24, 2.45) is 10.3 Å². The molecule has 0 atom stereocenters. The molecule has 0 aliphatic heterocycles. The van der Waals surface area contributed by atoms with Crippen LogP contribution in [0.15, 0.2) is 10.3 Å². The lowest BCUT2D eigenvalue weighted by molar-refractivity contribution is 0.278. The predicted molar refractivity (Wildman–Crippen MR) is 33.0 cm³/mol. The monoisotopic (exact) mass is 150 g/mol. The van der Waals surface area contributed by atoms with Gasteiger partial charge in [0.15, 0.2) is 0 Å². The maximum Gasteiger partial charge on any atom is 0.631 e. The molecule has 0 aromatic heterocycles. The third-order valence-electron chi connectivity index (χ3n) is 0.200. The van der Waals surface area contributed by atoms with E-state index in [1.54, 1.807) is 0 Å². The zero-order chi connectivity index (χ0) is 8.41. The van der Waals surface area contributed by atoms with Crippen molar-refractivity contribution in [1.82, 2.24) is 0 Å². The van der Waals surface area contributed by atoms with E-state index in [4.69, 9.17) is 25.5 Å². The molecule has 0 saturated carbocycles. The van der Waals surface area contributed by atoms with Gasteiger partial charge in [-0.1, -0.05) is 10.3 Å². The normalized spacial score (nSPS) is 9.50. The summed E-state index contributed by atoms with van der Waals surface area (Å²) in [6.07, 6.45) is 1.89. The van der Waals surface area contributed by atoms with Gasteiger partial charge < -0.3 is 25.5 Å². The van der Waals surface area contributed by atoms with Gasteiger partial charge in [0.2, 0.25) is 0 Å². The van der Waals surface area contributed by atoms with Gasteiger partial charge >= 0.3 is 7.32 Å². The Kier molecular flexibility index (Phi) is 12.6. The fourth-order valence-electron chi connectivity index (χ4n) is 0.0596. The van der Waals surface area contributed by atoms with Crippen LogP contribution < -0.4 is 0 Å². The second-order valence-electron chi connectivity index (χ2n) is 0.875. The third kappa shape index (κ3) is 67.1. The Hall–Kier alpha value is -1.12. The average Bonchev–Trinajstić information content (AvgIpc) is 1.82. The highest BCUT2D eigenvalue weighted by atomic mass is 16.5. The van der Waals surface area contributed by atoms with Crippen LogP contribution in [0, 0.1) is 0 Å². The summed E-state index contributed by atoms with van der Waals surface area (Å²) in [5.74, 6) is 0. The van der Waals surface area contributed by atoms with E-state index in [0.29, 0.717) is 0 Å². The van der Waals surface area contributed by atoms with Gasteiger partial charge in [-0.3, -0.25) is 0 Å². The Labute approximate surface area is 56.7 Å². The molecule has 8 heteroatoms. The summed E-state index contributed by atoms with van der Waals surface area (Å²) in [6, 6.07) is 0. The summed E-state index contributed by atoms with van der Waals surface area (Å²) >= 11 is 0. The van der Waals surface area contributed by atoms with Gasteiger partial charge in [0.05, 0.1) is 12.4 Å². The van der Waals surface area contributed by atoms with E-state index in [-0.39, 0.29) is 0 Å². The molecule has 0 bridgehead atoms. The van der Waals surface area contributed by atoms with Crippen molar-refractivity contribution in [2.75, 3.05) is 0 Å². The maximum absolute atomic E-state index is 7.56. The van der Waals surface area contributed by atoms with Crippen molar-refractivity contribution < 1.29 is 25.5 Å². The van der Waals surface area contributed by atoms with Crippen LogP contribution in [0.25, 0.3) is 0 Å². The molecule has 0 saturated heterocycles. The minimum absolute atomic E-state index is 0.944. The second kappa shape index (κ2) is 10.8. The molecule has 0 aromatic carbocycles. The average molecular weight is 150 g/mol. The summed E-state index contributed by atoms with van der Waals surface area (Å²) in [6.45, 7) is 0. The Bertz CT molecular complexity index is 91.1. The smallest absolute Gasteiger partial charge is 0.411 e. The second-order valence-corrected chi connectivity index (χ2v) is 0.875. The molecule has 0 aromatic rings.